The van der Waals surface area contributed by atoms with Crippen LogP contribution in [0.5, 0.6) is 0 Å². The third-order valence-electron chi connectivity index (χ3n) is 2.59. The fourth-order valence-corrected chi connectivity index (χ4v) is 3.81. The molecule has 2 heterocycles. The number of rotatable bonds is 3. The number of imidazole rings is 1. The number of hydrogen-bond acceptors (Lipinski definition) is 5. The zero-order valence-electron chi connectivity index (χ0n) is 9.83. The topological polar surface area (TPSA) is 56.7 Å². The van der Waals surface area contributed by atoms with Crippen LogP contribution < -0.4 is 5.73 Å². The number of hydrogen-bond donors (Lipinski definition) is 1. The van der Waals surface area contributed by atoms with E-state index in [1.807, 2.05) is 30.6 Å². The van der Waals surface area contributed by atoms with Crippen LogP contribution in [0.3, 0.4) is 0 Å². The van der Waals surface area contributed by atoms with E-state index >= 15 is 0 Å². The van der Waals surface area contributed by atoms with E-state index < -0.39 is 0 Å². The van der Waals surface area contributed by atoms with Gasteiger partial charge in [-0.25, -0.2) is 9.97 Å². The van der Waals surface area contributed by atoms with Gasteiger partial charge in [0.05, 0.1) is 10.2 Å². The quantitative estimate of drug-likeness (QED) is 0.746. The van der Waals surface area contributed by atoms with E-state index in [1.165, 1.54) is 0 Å². The fraction of sp³-hybridized carbons (Fsp3) is 0.167. The third kappa shape index (κ3) is 2.09. The molecule has 4 nitrogen and oxygen atoms in total. The largest absolute Gasteiger partial charge is 0.399 e. The van der Waals surface area contributed by atoms with Crippen LogP contribution in [-0.4, -0.2) is 14.5 Å². The highest BCUT2D eigenvalue weighted by atomic mass is 32.2. The number of nitrogens with zero attached hydrogens (tertiary/aromatic N) is 3. The van der Waals surface area contributed by atoms with Crippen molar-refractivity contribution < 1.29 is 0 Å². The Kier molecular flexibility index (Phi) is 2.97. The van der Waals surface area contributed by atoms with Crippen LogP contribution in [0.15, 0.2) is 40.1 Å². The number of fused-ring (bicyclic) bond motifs is 1. The average molecular weight is 276 g/mol. The van der Waals surface area contributed by atoms with Crippen molar-refractivity contribution in [3.05, 3.63) is 30.6 Å². The predicted molar refractivity (Wildman–Crippen MR) is 76.1 cm³/mol. The Balaban J connectivity index is 1.95. The minimum absolute atomic E-state index is 0.776. The summed E-state index contributed by atoms with van der Waals surface area (Å²) in [7, 11) is 0. The molecule has 3 aromatic rings. The molecular formula is C12H12N4S2. The summed E-state index contributed by atoms with van der Waals surface area (Å²) in [6.07, 6.45) is 3.80. The Bertz CT molecular complexity index is 686. The monoisotopic (exact) mass is 276 g/mol. The van der Waals surface area contributed by atoms with Crippen LogP contribution in [0.25, 0.3) is 10.2 Å². The highest BCUT2D eigenvalue weighted by Gasteiger charge is 2.09. The van der Waals surface area contributed by atoms with Gasteiger partial charge in [0.1, 0.15) is 0 Å². The van der Waals surface area contributed by atoms with Crippen molar-refractivity contribution >= 4 is 39.0 Å². The summed E-state index contributed by atoms with van der Waals surface area (Å²) in [6.45, 7) is 3.02. The second kappa shape index (κ2) is 4.62. The molecule has 0 aliphatic rings. The first-order chi connectivity index (χ1) is 8.76. The number of nitrogens with two attached hydrogens (primary N) is 1. The molecule has 0 aliphatic carbocycles. The lowest BCUT2D eigenvalue weighted by Crippen LogP contribution is -1.93. The van der Waals surface area contributed by atoms with E-state index in [2.05, 4.69) is 21.5 Å². The summed E-state index contributed by atoms with van der Waals surface area (Å²) < 4.78 is 4.22. The summed E-state index contributed by atoms with van der Waals surface area (Å²) in [6, 6.07) is 5.80. The Labute approximate surface area is 113 Å². The highest BCUT2D eigenvalue weighted by Crippen LogP contribution is 2.34. The molecule has 92 valence electrons. The molecule has 2 N–H and O–H groups in total. The molecule has 6 heteroatoms. The van der Waals surface area contributed by atoms with Gasteiger partial charge in [-0.05, 0) is 36.9 Å². The maximum absolute atomic E-state index is 5.77. The SMILES string of the molecule is CCn1ccnc1Sc1nc2ccc(N)cc2s1. The molecule has 0 amide bonds. The molecule has 0 atom stereocenters. The van der Waals surface area contributed by atoms with Crippen molar-refractivity contribution in [2.45, 2.75) is 23.0 Å². The van der Waals surface area contributed by atoms with Crippen molar-refractivity contribution in [2.24, 2.45) is 0 Å². The predicted octanol–water partition coefficient (Wildman–Crippen LogP) is 3.25. The second-order valence-corrected chi connectivity index (χ2v) is 6.05. The lowest BCUT2D eigenvalue weighted by molar-refractivity contribution is 0.681. The molecule has 0 saturated carbocycles. The van der Waals surface area contributed by atoms with Crippen molar-refractivity contribution in [1.82, 2.24) is 14.5 Å². The number of nitrogen functional groups attached to an aromatic ring is 1. The third-order valence-corrected chi connectivity index (χ3v) is 4.69. The van der Waals surface area contributed by atoms with Gasteiger partial charge in [-0.1, -0.05) is 0 Å². The molecule has 3 rings (SSSR count). The summed E-state index contributed by atoms with van der Waals surface area (Å²) in [5.41, 5.74) is 7.54. The summed E-state index contributed by atoms with van der Waals surface area (Å²) in [5.74, 6) is 0. The lowest BCUT2D eigenvalue weighted by atomic mass is 10.3. The zero-order chi connectivity index (χ0) is 12.5. The Morgan fingerprint density at radius 3 is 3.17 bits per heavy atom. The van der Waals surface area contributed by atoms with E-state index in [9.17, 15) is 0 Å². The molecule has 2 aromatic heterocycles. The molecule has 0 unspecified atom stereocenters. The number of benzene rings is 1. The van der Waals surface area contributed by atoms with E-state index in [4.69, 9.17) is 5.73 Å². The van der Waals surface area contributed by atoms with Crippen LogP contribution >= 0.6 is 23.1 Å². The van der Waals surface area contributed by atoms with Crippen LogP contribution in [0.1, 0.15) is 6.92 Å². The standard InChI is InChI=1S/C12H12N4S2/c1-2-16-6-5-14-11(16)18-12-15-9-4-3-8(13)7-10(9)17-12/h3-7H,2,13H2,1H3. The van der Waals surface area contributed by atoms with Gasteiger partial charge in [0.25, 0.3) is 0 Å². The Hall–Kier alpha value is -1.53. The van der Waals surface area contributed by atoms with E-state index in [0.717, 1.165) is 31.9 Å². The Morgan fingerprint density at radius 1 is 1.44 bits per heavy atom. The van der Waals surface area contributed by atoms with E-state index in [0.29, 0.717) is 0 Å². The zero-order valence-corrected chi connectivity index (χ0v) is 11.5. The van der Waals surface area contributed by atoms with Crippen molar-refractivity contribution in [2.75, 3.05) is 5.73 Å². The molecule has 0 aliphatic heterocycles. The first kappa shape index (κ1) is 11.6. The smallest absolute Gasteiger partial charge is 0.175 e. The molecule has 0 radical (unpaired) electrons. The number of thiazole rings is 1. The van der Waals surface area contributed by atoms with Crippen LogP contribution in [0, 0.1) is 0 Å². The van der Waals surface area contributed by atoms with Crippen molar-refractivity contribution in [1.29, 1.82) is 0 Å². The minimum atomic E-state index is 0.776. The van der Waals surface area contributed by atoms with Crippen molar-refractivity contribution in [3.8, 4) is 0 Å². The summed E-state index contributed by atoms with van der Waals surface area (Å²) >= 11 is 3.24. The van der Waals surface area contributed by atoms with Gasteiger partial charge in [0.2, 0.25) is 0 Å². The number of anilines is 1. The van der Waals surface area contributed by atoms with Gasteiger partial charge in [0.15, 0.2) is 9.50 Å². The first-order valence-corrected chi connectivity index (χ1v) is 7.24. The molecule has 18 heavy (non-hydrogen) atoms. The van der Waals surface area contributed by atoms with Gasteiger partial charge in [0, 0.05) is 24.6 Å². The Morgan fingerprint density at radius 2 is 2.33 bits per heavy atom. The number of aryl methyl sites for hydroxylation is 1. The minimum Gasteiger partial charge on any atom is -0.399 e. The maximum atomic E-state index is 5.77. The van der Waals surface area contributed by atoms with Gasteiger partial charge < -0.3 is 10.3 Å². The highest BCUT2D eigenvalue weighted by molar-refractivity contribution is 8.01. The van der Waals surface area contributed by atoms with E-state index in [-0.39, 0.29) is 0 Å². The molecule has 0 bridgehead atoms. The normalized spacial score (nSPS) is 11.2. The fourth-order valence-electron chi connectivity index (χ4n) is 1.68. The van der Waals surface area contributed by atoms with Gasteiger partial charge in [-0.15, -0.1) is 11.3 Å². The summed E-state index contributed by atoms with van der Waals surface area (Å²) in [5, 5.41) is 0.976. The van der Waals surface area contributed by atoms with Crippen LogP contribution in [-0.2, 0) is 6.54 Å². The maximum Gasteiger partial charge on any atom is 0.175 e. The molecular weight excluding hydrogens is 264 g/mol. The molecule has 1 aromatic carbocycles. The van der Waals surface area contributed by atoms with Gasteiger partial charge in [-0.2, -0.15) is 0 Å². The van der Waals surface area contributed by atoms with E-state index in [1.54, 1.807) is 23.1 Å². The first-order valence-electron chi connectivity index (χ1n) is 5.61. The summed E-state index contributed by atoms with van der Waals surface area (Å²) in [4.78, 5) is 8.91. The number of aromatic nitrogens is 3. The second-order valence-electron chi connectivity index (χ2n) is 3.80. The van der Waals surface area contributed by atoms with Crippen LogP contribution in [0.2, 0.25) is 0 Å². The molecule has 0 saturated heterocycles. The lowest BCUT2D eigenvalue weighted by Gasteiger charge is -2.00. The van der Waals surface area contributed by atoms with Gasteiger partial charge >= 0.3 is 0 Å². The van der Waals surface area contributed by atoms with Crippen molar-refractivity contribution in [3.63, 3.8) is 0 Å². The van der Waals surface area contributed by atoms with Crippen LogP contribution in [0.4, 0.5) is 5.69 Å². The molecule has 0 fully saturated rings. The average Bonchev–Trinajstić information content (AvgIpc) is 2.94. The van der Waals surface area contributed by atoms with Gasteiger partial charge in [-0.3, -0.25) is 0 Å². The molecule has 0 spiro atoms.